The van der Waals surface area contributed by atoms with Crippen LogP contribution < -0.4 is 0 Å². The number of Topliss-reactive ketones (excluding diaryl/α,β-unsaturated/α-hetero) is 2. The fourth-order valence-electron chi connectivity index (χ4n) is 6.08. The summed E-state index contributed by atoms with van der Waals surface area (Å²) in [6.07, 6.45) is 3.18. The molecule has 4 nitrogen and oxygen atoms in total. The molecule has 0 aromatic heterocycles. The van der Waals surface area contributed by atoms with Gasteiger partial charge in [-0.25, -0.2) is 0 Å². The van der Waals surface area contributed by atoms with Gasteiger partial charge in [-0.2, -0.15) is 0 Å². The molecule has 2 aromatic carbocycles. The van der Waals surface area contributed by atoms with Crippen molar-refractivity contribution in [1.29, 1.82) is 0 Å². The zero-order valence-corrected chi connectivity index (χ0v) is 17.9. The van der Waals surface area contributed by atoms with Crippen molar-refractivity contribution in [3.63, 3.8) is 0 Å². The monoisotopic (exact) mass is 404 g/mol. The predicted molar refractivity (Wildman–Crippen MR) is 114 cm³/mol. The molecule has 2 aliphatic carbocycles. The third kappa shape index (κ3) is 2.74. The molecule has 3 aliphatic rings. The van der Waals surface area contributed by atoms with Gasteiger partial charge in [-0.1, -0.05) is 12.1 Å². The lowest BCUT2D eigenvalue weighted by atomic mass is 9.82. The second-order valence-electron chi connectivity index (χ2n) is 9.05. The highest BCUT2D eigenvalue weighted by atomic mass is 16.5. The van der Waals surface area contributed by atoms with Gasteiger partial charge in [0.05, 0.1) is 18.6 Å². The first-order chi connectivity index (χ1) is 14.4. The Bertz CT molecular complexity index is 1100. The maximum absolute atomic E-state index is 13.6. The molecule has 0 spiro atoms. The second-order valence-corrected chi connectivity index (χ2v) is 9.05. The maximum atomic E-state index is 13.6. The highest BCUT2D eigenvalue weighted by Gasteiger charge is 2.42. The third-order valence-corrected chi connectivity index (χ3v) is 7.45. The molecular weight excluding hydrogens is 376 g/mol. The highest BCUT2D eigenvalue weighted by Crippen LogP contribution is 2.45. The Kier molecular flexibility index (Phi) is 4.68. The summed E-state index contributed by atoms with van der Waals surface area (Å²) in [6, 6.07) is 4.28. The van der Waals surface area contributed by atoms with Crippen LogP contribution in [0.4, 0.5) is 0 Å². The average molecular weight is 405 g/mol. The van der Waals surface area contributed by atoms with Gasteiger partial charge in [-0.05, 0) is 91.0 Å². The number of carbonyl (C=O) groups is 2. The van der Waals surface area contributed by atoms with E-state index in [-0.39, 0.29) is 30.2 Å². The van der Waals surface area contributed by atoms with Crippen LogP contribution in [0.2, 0.25) is 0 Å². The van der Waals surface area contributed by atoms with Crippen molar-refractivity contribution in [2.24, 2.45) is 5.92 Å². The standard InChI is InChI=1S/C26H28O4/c1-13-10-17-12-21(25(29)24(17)14(2)18(13)6-8-27)26-20-11-16-4-5-22(28)23(16)15(3)19(20)7-9-30-26/h10-11,21,26-27H,4-9,12H2,1-3H3. The lowest BCUT2D eigenvalue weighted by Crippen LogP contribution is -2.28. The Balaban J connectivity index is 1.57. The molecule has 1 heterocycles. The number of ketones is 2. The van der Waals surface area contributed by atoms with Crippen LogP contribution in [0.5, 0.6) is 0 Å². The molecule has 2 atom stereocenters. The van der Waals surface area contributed by atoms with Gasteiger partial charge >= 0.3 is 0 Å². The highest BCUT2D eigenvalue weighted by molar-refractivity contribution is 6.05. The summed E-state index contributed by atoms with van der Waals surface area (Å²) in [7, 11) is 0. The summed E-state index contributed by atoms with van der Waals surface area (Å²) < 4.78 is 6.23. The largest absolute Gasteiger partial charge is 0.396 e. The summed E-state index contributed by atoms with van der Waals surface area (Å²) in [5.41, 5.74) is 10.6. The van der Waals surface area contributed by atoms with Gasteiger partial charge in [0, 0.05) is 24.2 Å². The zero-order chi connectivity index (χ0) is 21.2. The van der Waals surface area contributed by atoms with Gasteiger partial charge < -0.3 is 9.84 Å². The number of hydrogen-bond donors (Lipinski definition) is 1. The third-order valence-electron chi connectivity index (χ3n) is 7.45. The number of hydrogen-bond acceptors (Lipinski definition) is 4. The normalized spacial score (nSPS) is 22.3. The molecule has 2 aromatic rings. The summed E-state index contributed by atoms with van der Waals surface area (Å²) in [5.74, 6) is 0.185. The minimum absolute atomic E-state index is 0.0836. The van der Waals surface area contributed by atoms with Crippen LogP contribution in [0.3, 0.4) is 0 Å². The number of carbonyl (C=O) groups excluding carboxylic acids is 2. The fourth-order valence-corrected chi connectivity index (χ4v) is 6.08. The van der Waals surface area contributed by atoms with Gasteiger partial charge in [-0.3, -0.25) is 9.59 Å². The molecule has 156 valence electrons. The summed E-state index contributed by atoms with van der Waals surface area (Å²) in [5, 5.41) is 9.44. The summed E-state index contributed by atoms with van der Waals surface area (Å²) in [6.45, 7) is 6.80. The van der Waals surface area contributed by atoms with Gasteiger partial charge in [0.2, 0.25) is 0 Å². The minimum Gasteiger partial charge on any atom is -0.396 e. The van der Waals surface area contributed by atoms with Crippen molar-refractivity contribution < 1.29 is 19.4 Å². The number of benzene rings is 2. The van der Waals surface area contributed by atoms with Crippen LogP contribution in [-0.2, 0) is 30.4 Å². The van der Waals surface area contributed by atoms with E-state index in [9.17, 15) is 14.7 Å². The van der Waals surface area contributed by atoms with Crippen LogP contribution in [0.15, 0.2) is 12.1 Å². The molecule has 0 radical (unpaired) electrons. The van der Waals surface area contributed by atoms with Crippen LogP contribution >= 0.6 is 0 Å². The Morgan fingerprint density at radius 3 is 2.57 bits per heavy atom. The van der Waals surface area contributed by atoms with E-state index >= 15 is 0 Å². The van der Waals surface area contributed by atoms with Crippen molar-refractivity contribution in [2.45, 2.75) is 59.0 Å². The molecule has 0 amide bonds. The van der Waals surface area contributed by atoms with Crippen LogP contribution in [0.1, 0.15) is 77.7 Å². The van der Waals surface area contributed by atoms with Crippen molar-refractivity contribution in [3.8, 4) is 0 Å². The first-order valence-corrected chi connectivity index (χ1v) is 11.0. The molecule has 0 saturated heterocycles. The lowest BCUT2D eigenvalue weighted by molar-refractivity contribution is 0.00680. The number of aliphatic hydroxyl groups excluding tert-OH is 1. The van der Waals surface area contributed by atoms with Crippen molar-refractivity contribution in [1.82, 2.24) is 0 Å². The Hall–Kier alpha value is -2.30. The topological polar surface area (TPSA) is 63.6 Å². The smallest absolute Gasteiger partial charge is 0.169 e. The van der Waals surface area contributed by atoms with Crippen molar-refractivity contribution >= 4 is 11.6 Å². The quantitative estimate of drug-likeness (QED) is 0.842. The van der Waals surface area contributed by atoms with Gasteiger partial charge in [0.15, 0.2) is 11.6 Å². The second kappa shape index (κ2) is 7.14. The molecule has 4 heteroatoms. The maximum Gasteiger partial charge on any atom is 0.169 e. The first kappa shape index (κ1) is 19.7. The van der Waals surface area contributed by atoms with E-state index in [0.29, 0.717) is 25.9 Å². The van der Waals surface area contributed by atoms with Gasteiger partial charge in [0.1, 0.15) is 0 Å². The van der Waals surface area contributed by atoms with Crippen molar-refractivity contribution in [3.05, 3.63) is 67.8 Å². The molecule has 0 bridgehead atoms. The summed E-state index contributed by atoms with van der Waals surface area (Å²) >= 11 is 0. The van der Waals surface area contributed by atoms with E-state index in [4.69, 9.17) is 4.74 Å². The fraction of sp³-hybridized carbons (Fsp3) is 0.462. The Labute approximate surface area is 177 Å². The summed E-state index contributed by atoms with van der Waals surface area (Å²) in [4.78, 5) is 25.9. The van der Waals surface area contributed by atoms with E-state index in [0.717, 1.165) is 62.9 Å². The lowest BCUT2D eigenvalue weighted by Gasteiger charge is -2.31. The van der Waals surface area contributed by atoms with Crippen LogP contribution in [0.25, 0.3) is 0 Å². The van der Waals surface area contributed by atoms with Crippen LogP contribution in [-0.4, -0.2) is 29.9 Å². The molecule has 1 N–H and O–H groups in total. The zero-order valence-electron chi connectivity index (χ0n) is 17.9. The Morgan fingerprint density at radius 1 is 1.00 bits per heavy atom. The van der Waals surface area contributed by atoms with Crippen molar-refractivity contribution in [2.75, 3.05) is 13.2 Å². The SMILES string of the molecule is Cc1cc2c(c(C)c1CCO)C(=O)C(C1OCCc3c1cc1c(c3C)C(=O)CC1)C2. The van der Waals surface area contributed by atoms with E-state index in [1.54, 1.807) is 0 Å². The number of aryl methyl sites for hydroxylation is 2. The van der Waals surface area contributed by atoms with Crippen LogP contribution in [0, 0.1) is 26.7 Å². The molecular formula is C26H28O4. The number of fused-ring (bicyclic) bond motifs is 3. The number of rotatable bonds is 3. The molecule has 0 fully saturated rings. The molecule has 0 saturated carbocycles. The van der Waals surface area contributed by atoms with Gasteiger partial charge in [0.25, 0.3) is 0 Å². The Morgan fingerprint density at radius 2 is 1.80 bits per heavy atom. The number of aliphatic hydroxyl groups is 1. The molecule has 5 rings (SSSR count). The molecule has 2 unspecified atom stereocenters. The first-order valence-electron chi connectivity index (χ1n) is 11.0. The predicted octanol–water partition coefficient (Wildman–Crippen LogP) is 3.94. The van der Waals surface area contributed by atoms with E-state index < -0.39 is 0 Å². The minimum atomic E-state index is -0.255. The van der Waals surface area contributed by atoms with E-state index in [1.165, 1.54) is 5.56 Å². The van der Waals surface area contributed by atoms with Gasteiger partial charge in [-0.15, -0.1) is 0 Å². The molecule has 1 aliphatic heterocycles. The van der Waals surface area contributed by atoms with E-state index in [2.05, 4.69) is 26.0 Å². The average Bonchev–Trinajstić information content (AvgIpc) is 3.25. The molecule has 30 heavy (non-hydrogen) atoms. The van der Waals surface area contributed by atoms with E-state index in [1.807, 2.05) is 6.92 Å². The number of ether oxygens (including phenoxy) is 1.